The monoisotopic (exact) mass is 424 g/mol. The third-order valence-corrected chi connectivity index (χ3v) is 8.11. The van der Waals surface area contributed by atoms with Gasteiger partial charge in [0.2, 0.25) is 11.8 Å². The van der Waals surface area contributed by atoms with E-state index in [1.807, 2.05) is 36.6 Å². The quantitative estimate of drug-likeness (QED) is 0.669. The van der Waals surface area contributed by atoms with Crippen LogP contribution in [0.1, 0.15) is 44.6 Å². The van der Waals surface area contributed by atoms with Crippen LogP contribution in [-0.4, -0.2) is 28.7 Å². The van der Waals surface area contributed by atoms with Gasteiger partial charge in [-0.3, -0.25) is 14.4 Å². The first-order valence-electron chi connectivity index (χ1n) is 10.3. The van der Waals surface area contributed by atoms with Crippen LogP contribution < -0.4 is 4.90 Å². The molecule has 1 aliphatic heterocycles. The van der Waals surface area contributed by atoms with Gasteiger partial charge in [-0.1, -0.05) is 51.5 Å². The summed E-state index contributed by atoms with van der Waals surface area (Å²) >= 11 is 1.56. The number of thiophene rings is 1. The average Bonchev–Trinajstić information content (AvgIpc) is 3.10. The molecule has 4 rings (SSSR count). The molecule has 3 amide bonds. The van der Waals surface area contributed by atoms with Gasteiger partial charge < -0.3 is 4.90 Å². The summed E-state index contributed by atoms with van der Waals surface area (Å²) in [6.07, 6.45) is 0.0252. The number of carbonyl (C=O) groups is 3. The second-order valence-electron chi connectivity index (χ2n) is 9.54. The molecule has 0 spiro atoms. The van der Waals surface area contributed by atoms with Crippen LogP contribution in [0, 0.1) is 23.7 Å². The van der Waals surface area contributed by atoms with E-state index in [-0.39, 0.29) is 40.9 Å². The van der Waals surface area contributed by atoms with E-state index in [9.17, 15) is 14.4 Å². The van der Waals surface area contributed by atoms with E-state index in [1.54, 1.807) is 28.4 Å². The molecular formula is C24H28N2O3S. The largest absolute Gasteiger partial charge is 0.325 e. The van der Waals surface area contributed by atoms with Gasteiger partial charge in [0, 0.05) is 10.8 Å². The molecule has 6 heteroatoms. The molecule has 1 aromatic carbocycles. The molecule has 0 bridgehead atoms. The lowest BCUT2D eigenvalue weighted by Crippen LogP contribution is -2.46. The number of hydrogen-bond acceptors (Lipinski definition) is 4. The summed E-state index contributed by atoms with van der Waals surface area (Å²) in [6, 6.07) is 10.5. The standard InChI is InChI=1S/C24H28N2O3S/c1-15-8-10-16(11-9-15)26-19(27)13-18(21(26)28)25(14-17-7-6-12-30-17)22(29)20-23(2,3)24(20,4)5/h6-12,18,20H,13-14H2,1-5H3. The third kappa shape index (κ3) is 3.18. The topological polar surface area (TPSA) is 57.7 Å². The van der Waals surface area contributed by atoms with Crippen molar-refractivity contribution in [2.75, 3.05) is 4.90 Å². The van der Waals surface area contributed by atoms with E-state index < -0.39 is 6.04 Å². The van der Waals surface area contributed by atoms with Crippen LogP contribution in [0.25, 0.3) is 0 Å². The van der Waals surface area contributed by atoms with Gasteiger partial charge >= 0.3 is 0 Å². The zero-order valence-electron chi connectivity index (χ0n) is 18.1. The zero-order chi connectivity index (χ0) is 21.8. The van der Waals surface area contributed by atoms with Crippen molar-refractivity contribution in [3.63, 3.8) is 0 Å². The Labute approximate surface area is 181 Å². The number of nitrogens with zero attached hydrogens (tertiary/aromatic N) is 2. The summed E-state index contributed by atoms with van der Waals surface area (Å²) < 4.78 is 0. The van der Waals surface area contributed by atoms with Gasteiger partial charge in [0.05, 0.1) is 18.7 Å². The van der Waals surface area contributed by atoms with Gasteiger partial charge in [-0.25, -0.2) is 4.90 Å². The van der Waals surface area contributed by atoms with Crippen molar-refractivity contribution >= 4 is 34.7 Å². The molecule has 2 fully saturated rings. The fourth-order valence-electron chi connectivity index (χ4n) is 4.72. The Balaban J connectivity index is 1.65. The van der Waals surface area contributed by atoms with E-state index in [0.29, 0.717) is 12.2 Å². The average molecular weight is 425 g/mol. The Morgan fingerprint density at radius 1 is 1.10 bits per heavy atom. The van der Waals surface area contributed by atoms with E-state index in [0.717, 1.165) is 10.4 Å². The number of carbonyl (C=O) groups excluding carboxylic acids is 3. The number of aryl methyl sites for hydroxylation is 1. The smallest absolute Gasteiger partial charge is 0.257 e. The first-order valence-corrected chi connectivity index (χ1v) is 11.2. The maximum Gasteiger partial charge on any atom is 0.257 e. The highest BCUT2D eigenvalue weighted by Crippen LogP contribution is 2.69. The second-order valence-corrected chi connectivity index (χ2v) is 10.6. The van der Waals surface area contributed by atoms with Gasteiger partial charge in [-0.05, 0) is 41.3 Å². The summed E-state index contributed by atoms with van der Waals surface area (Å²) in [5.41, 5.74) is 1.34. The Kier molecular flexibility index (Phi) is 4.88. The summed E-state index contributed by atoms with van der Waals surface area (Å²) in [6.45, 7) is 10.7. The number of rotatable bonds is 5. The van der Waals surface area contributed by atoms with Crippen LogP contribution in [0.3, 0.4) is 0 Å². The first kappa shape index (κ1) is 20.8. The normalized spacial score (nSPS) is 22.4. The Bertz CT molecular complexity index is 978. The highest BCUT2D eigenvalue weighted by molar-refractivity contribution is 7.09. The van der Waals surface area contributed by atoms with Crippen molar-refractivity contribution in [3.8, 4) is 0 Å². The molecule has 1 aromatic heterocycles. The molecule has 1 atom stereocenters. The summed E-state index contributed by atoms with van der Waals surface area (Å²) in [5, 5.41) is 1.96. The lowest BCUT2D eigenvalue weighted by atomic mass is 10.0. The lowest BCUT2D eigenvalue weighted by molar-refractivity contribution is -0.141. The molecule has 0 N–H and O–H groups in total. The van der Waals surface area contributed by atoms with Gasteiger partial charge in [-0.15, -0.1) is 11.3 Å². The molecule has 2 heterocycles. The van der Waals surface area contributed by atoms with Crippen LogP contribution in [0.15, 0.2) is 41.8 Å². The molecule has 1 unspecified atom stereocenters. The van der Waals surface area contributed by atoms with Crippen LogP contribution in [0.5, 0.6) is 0 Å². The minimum atomic E-state index is -0.763. The predicted octanol–water partition coefficient (Wildman–Crippen LogP) is 4.40. The maximum atomic E-state index is 13.6. The molecule has 158 valence electrons. The highest BCUT2D eigenvalue weighted by Gasteiger charge is 2.69. The molecule has 2 aromatic rings. The molecular weight excluding hydrogens is 396 g/mol. The van der Waals surface area contributed by atoms with Crippen LogP contribution in [0.2, 0.25) is 0 Å². The van der Waals surface area contributed by atoms with Gasteiger partial charge in [0.25, 0.3) is 5.91 Å². The Hall–Kier alpha value is -2.47. The van der Waals surface area contributed by atoms with Gasteiger partial charge in [0.15, 0.2) is 0 Å². The highest BCUT2D eigenvalue weighted by atomic mass is 32.1. The number of anilines is 1. The fourth-order valence-corrected chi connectivity index (χ4v) is 5.42. The van der Waals surface area contributed by atoms with E-state index in [4.69, 9.17) is 0 Å². The minimum Gasteiger partial charge on any atom is -0.325 e. The SMILES string of the molecule is Cc1ccc(N2C(=O)CC(N(Cc3cccs3)C(=O)C3C(C)(C)C3(C)C)C2=O)cc1. The maximum absolute atomic E-state index is 13.6. The van der Waals surface area contributed by atoms with Crippen molar-refractivity contribution in [1.29, 1.82) is 0 Å². The lowest BCUT2D eigenvalue weighted by Gasteiger charge is -2.28. The summed E-state index contributed by atoms with van der Waals surface area (Å²) in [4.78, 5) is 43.7. The van der Waals surface area contributed by atoms with Crippen molar-refractivity contribution in [1.82, 2.24) is 4.90 Å². The molecule has 1 saturated heterocycles. The number of benzene rings is 1. The zero-order valence-corrected chi connectivity index (χ0v) is 19.0. The van der Waals surface area contributed by atoms with Crippen LogP contribution >= 0.6 is 11.3 Å². The molecule has 2 aliphatic rings. The van der Waals surface area contributed by atoms with Crippen molar-refractivity contribution in [3.05, 3.63) is 52.2 Å². The molecule has 1 saturated carbocycles. The second kappa shape index (κ2) is 7.05. The van der Waals surface area contributed by atoms with E-state index in [1.165, 1.54) is 4.90 Å². The van der Waals surface area contributed by atoms with Crippen molar-refractivity contribution < 1.29 is 14.4 Å². The van der Waals surface area contributed by atoms with Crippen molar-refractivity contribution in [2.45, 2.75) is 53.6 Å². The number of imide groups is 1. The van der Waals surface area contributed by atoms with Crippen LogP contribution in [0.4, 0.5) is 5.69 Å². The van der Waals surface area contributed by atoms with E-state index in [2.05, 4.69) is 27.7 Å². The minimum absolute atomic E-state index is 0.0252. The van der Waals surface area contributed by atoms with Crippen LogP contribution in [-0.2, 0) is 20.9 Å². The Morgan fingerprint density at radius 3 is 2.27 bits per heavy atom. The predicted molar refractivity (Wildman–Crippen MR) is 118 cm³/mol. The Morgan fingerprint density at radius 2 is 1.73 bits per heavy atom. The molecule has 1 aliphatic carbocycles. The van der Waals surface area contributed by atoms with Crippen molar-refractivity contribution in [2.24, 2.45) is 16.7 Å². The molecule has 30 heavy (non-hydrogen) atoms. The number of hydrogen-bond donors (Lipinski definition) is 0. The third-order valence-electron chi connectivity index (χ3n) is 7.25. The molecule has 5 nitrogen and oxygen atoms in total. The fraction of sp³-hybridized carbons (Fsp3) is 0.458. The summed E-state index contributed by atoms with van der Waals surface area (Å²) in [7, 11) is 0. The number of amides is 3. The summed E-state index contributed by atoms with van der Waals surface area (Å²) in [5.74, 6) is -0.770. The van der Waals surface area contributed by atoms with Gasteiger partial charge in [-0.2, -0.15) is 0 Å². The van der Waals surface area contributed by atoms with Gasteiger partial charge in [0.1, 0.15) is 6.04 Å². The molecule has 0 radical (unpaired) electrons. The first-order chi connectivity index (χ1) is 14.1. The van der Waals surface area contributed by atoms with E-state index >= 15 is 0 Å².